The number of aromatic nitrogens is 1. The summed E-state index contributed by atoms with van der Waals surface area (Å²) in [5.74, 6) is 5.50. The number of ether oxygens (including phenoxy) is 1. The lowest BCUT2D eigenvalue weighted by atomic mass is 10.2. The van der Waals surface area contributed by atoms with Gasteiger partial charge in [-0.3, -0.25) is 4.79 Å². The summed E-state index contributed by atoms with van der Waals surface area (Å²) in [7, 11) is 1.68. The van der Waals surface area contributed by atoms with Crippen LogP contribution in [0.4, 0.5) is 5.69 Å². The van der Waals surface area contributed by atoms with Gasteiger partial charge >= 0.3 is 0 Å². The molecule has 0 spiro atoms. The lowest BCUT2D eigenvalue weighted by Gasteiger charge is -2.00. The number of methoxy groups -OCH3 is 1. The molecule has 0 fully saturated rings. The second-order valence-electron chi connectivity index (χ2n) is 5.49. The molecule has 0 atom stereocenters. The summed E-state index contributed by atoms with van der Waals surface area (Å²) >= 11 is 3.60. The summed E-state index contributed by atoms with van der Waals surface area (Å²) in [6.07, 6.45) is 5.76. The molecule has 3 rings (SSSR count). The van der Waals surface area contributed by atoms with Crippen molar-refractivity contribution in [2.45, 2.75) is 12.7 Å². The van der Waals surface area contributed by atoms with Crippen molar-refractivity contribution >= 4 is 35.2 Å². The van der Waals surface area contributed by atoms with Crippen molar-refractivity contribution in [1.29, 1.82) is 0 Å². The number of amides is 1. The van der Waals surface area contributed by atoms with E-state index in [0.29, 0.717) is 6.41 Å². The first-order valence-electron chi connectivity index (χ1n) is 8.63. The molecule has 4 nitrogen and oxygen atoms in total. The van der Waals surface area contributed by atoms with Crippen LogP contribution in [0.1, 0.15) is 18.2 Å². The number of carbonyl (C=O) groups excluding carboxylic acids is 1. The van der Waals surface area contributed by atoms with Crippen molar-refractivity contribution < 1.29 is 9.53 Å². The quantitative estimate of drug-likeness (QED) is 0.424. The van der Waals surface area contributed by atoms with Crippen LogP contribution in [0.2, 0.25) is 0 Å². The number of hydrogen-bond acceptors (Lipinski definition) is 5. The minimum Gasteiger partial charge on any atom is -0.497 e. The van der Waals surface area contributed by atoms with Crippen LogP contribution in [0.25, 0.3) is 10.6 Å². The molecule has 1 heterocycles. The van der Waals surface area contributed by atoms with E-state index in [1.54, 1.807) is 42.7 Å². The van der Waals surface area contributed by atoms with Gasteiger partial charge in [0.15, 0.2) is 0 Å². The van der Waals surface area contributed by atoms with Crippen molar-refractivity contribution in [2.24, 2.45) is 0 Å². The maximum Gasteiger partial charge on any atom is 0.211 e. The molecule has 0 bridgehead atoms. The Kier molecular flexibility index (Phi) is 9.13. The average Bonchev–Trinajstić information content (AvgIpc) is 3.22. The highest BCUT2D eigenvalue weighted by Gasteiger charge is 2.04. The minimum absolute atomic E-state index is 0.630. The summed E-state index contributed by atoms with van der Waals surface area (Å²) in [6, 6.07) is 15.1. The second kappa shape index (κ2) is 11.9. The lowest BCUT2D eigenvalue weighted by molar-refractivity contribution is -0.105. The van der Waals surface area contributed by atoms with Gasteiger partial charge in [-0.05, 0) is 54.3 Å². The van der Waals surface area contributed by atoms with Gasteiger partial charge in [0.05, 0.1) is 12.8 Å². The maximum atomic E-state index is 9.98. The predicted molar refractivity (Wildman–Crippen MR) is 120 cm³/mol. The molecular weight excluding hydrogens is 388 g/mol. The zero-order valence-electron chi connectivity index (χ0n) is 15.8. The van der Waals surface area contributed by atoms with Crippen LogP contribution in [0.3, 0.4) is 0 Å². The van der Waals surface area contributed by atoms with Gasteiger partial charge in [-0.2, -0.15) is 11.8 Å². The molecule has 0 radical (unpaired) electrons. The highest BCUT2D eigenvalue weighted by molar-refractivity contribution is 7.98. The Labute approximate surface area is 174 Å². The fourth-order valence-corrected chi connectivity index (χ4v) is 3.67. The molecule has 1 amide bonds. The van der Waals surface area contributed by atoms with E-state index in [1.807, 2.05) is 23.9 Å². The van der Waals surface area contributed by atoms with E-state index in [2.05, 4.69) is 40.7 Å². The summed E-state index contributed by atoms with van der Waals surface area (Å²) in [5, 5.41) is 5.73. The molecule has 0 aliphatic rings. The number of thioether (sulfide) groups is 1. The monoisotopic (exact) mass is 410 g/mol. The smallest absolute Gasteiger partial charge is 0.211 e. The molecular formula is C22H22N2O2S2. The lowest BCUT2D eigenvalue weighted by Crippen LogP contribution is -1.92. The van der Waals surface area contributed by atoms with Crippen molar-refractivity contribution in [3.8, 4) is 28.7 Å². The third-order valence-corrected chi connectivity index (χ3v) is 5.47. The molecule has 144 valence electrons. The molecule has 2 aromatic carbocycles. The van der Waals surface area contributed by atoms with Crippen molar-refractivity contribution in [2.75, 3.05) is 18.2 Å². The molecule has 0 aliphatic heterocycles. The Hall–Kier alpha value is -2.75. The summed E-state index contributed by atoms with van der Waals surface area (Å²) in [4.78, 5) is 14.6. The molecule has 1 aromatic heterocycles. The molecule has 0 saturated carbocycles. The van der Waals surface area contributed by atoms with E-state index in [4.69, 9.17) is 11.2 Å². The molecule has 0 saturated heterocycles. The zero-order valence-corrected chi connectivity index (χ0v) is 17.5. The number of terminal acetylenes is 1. The highest BCUT2D eigenvalue weighted by atomic mass is 32.2. The fraction of sp³-hybridized carbons (Fsp3) is 0.182. The standard InChI is InChI=1S/C13H15NOS2.C9H7NO/c1-3-16-8-11-9-17-13(14-11)10-4-6-12(15-2)7-5-10;1-2-8-3-5-9(6-4-8)10-7-11/h4-7,9H,3,8H2,1-2H3;1,3-7H,(H,10,11). The van der Waals surface area contributed by atoms with Crippen LogP contribution in [0.5, 0.6) is 5.75 Å². The van der Waals surface area contributed by atoms with Gasteiger partial charge in [0, 0.05) is 27.9 Å². The predicted octanol–water partition coefficient (Wildman–Crippen LogP) is 5.31. The number of thiazole rings is 1. The number of nitrogens with one attached hydrogen (secondary N) is 1. The van der Waals surface area contributed by atoms with E-state index < -0.39 is 0 Å². The van der Waals surface area contributed by atoms with Crippen molar-refractivity contribution in [1.82, 2.24) is 4.98 Å². The van der Waals surface area contributed by atoms with Gasteiger partial charge in [0.1, 0.15) is 10.8 Å². The van der Waals surface area contributed by atoms with Gasteiger partial charge in [-0.25, -0.2) is 4.98 Å². The zero-order chi connectivity index (χ0) is 20.2. The maximum absolute atomic E-state index is 9.98. The molecule has 6 heteroatoms. The molecule has 0 unspecified atom stereocenters. The van der Waals surface area contributed by atoms with E-state index in [9.17, 15) is 4.79 Å². The Morgan fingerprint density at radius 3 is 2.50 bits per heavy atom. The van der Waals surface area contributed by atoms with Crippen LogP contribution in [-0.2, 0) is 10.5 Å². The first-order valence-corrected chi connectivity index (χ1v) is 10.7. The minimum atomic E-state index is 0.630. The summed E-state index contributed by atoms with van der Waals surface area (Å²) in [5.41, 5.74) is 3.89. The van der Waals surface area contributed by atoms with Crippen LogP contribution in [0, 0.1) is 12.3 Å². The molecule has 1 N–H and O–H groups in total. The van der Waals surface area contributed by atoms with Crippen molar-refractivity contribution in [3.63, 3.8) is 0 Å². The van der Waals surface area contributed by atoms with E-state index in [-0.39, 0.29) is 0 Å². The van der Waals surface area contributed by atoms with E-state index in [0.717, 1.165) is 39.1 Å². The van der Waals surface area contributed by atoms with E-state index >= 15 is 0 Å². The van der Waals surface area contributed by atoms with Gasteiger partial charge in [-0.1, -0.05) is 12.8 Å². The average molecular weight is 411 g/mol. The topological polar surface area (TPSA) is 51.2 Å². The number of benzene rings is 2. The Morgan fingerprint density at radius 1 is 1.21 bits per heavy atom. The van der Waals surface area contributed by atoms with E-state index in [1.165, 1.54) is 5.69 Å². The Morgan fingerprint density at radius 2 is 1.93 bits per heavy atom. The first kappa shape index (κ1) is 21.5. The number of nitrogens with zero attached hydrogens (tertiary/aromatic N) is 1. The van der Waals surface area contributed by atoms with Crippen LogP contribution in [0.15, 0.2) is 53.9 Å². The largest absolute Gasteiger partial charge is 0.497 e. The van der Waals surface area contributed by atoms with Crippen LogP contribution < -0.4 is 10.1 Å². The summed E-state index contributed by atoms with van der Waals surface area (Å²) < 4.78 is 5.14. The number of anilines is 1. The van der Waals surface area contributed by atoms with Gasteiger partial charge in [-0.15, -0.1) is 17.8 Å². The molecule has 3 aromatic rings. The third kappa shape index (κ3) is 6.76. The van der Waals surface area contributed by atoms with Gasteiger partial charge in [0.25, 0.3) is 0 Å². The molecule has 0 aliphatic carbocycles. The van der Waals surface area contributed by atoms with Gasteiger partial charge in [0.2, 0.25) is 6.41 Å². The third-order valence-electron chi connectivity index (χ3n) is 3.62. The molecule has 28 heavy (non-hydrogen) atoms. The van der Waals surface area contributed by atoms with Crippen LogP contribution >= 0.6 is 23.1 Å². The summed E-state index contributed by atoms with van der Waals surface area (Å²) in [6.45, 7) is 2.17. The van der Waals surface area contributed by atoms with Gasteiger partial charge < -0.3 is 10.1 Å². The second-order valence-corrected chi connectivity index (χ2v) is 7.63. The van der Waals surface area contributed by atoms with Crippen molar-refractivity contribution in [3.05, 3.63) is 65.2 Å². The van der Waals surface area contributed by atoms with Crippen LogP contribution in [-0.4, -0.2) is 24.3 Å². The number of carbonyl (C=O) groups is 1. The Bertz CT molecular complexity index is 898. The Balaban J connectivity index is 0.000000221. The normalized spacial score (nSPS) is 9.61. The highest BCUT2D eigenvalue weighted by Crippen LogP contribution is 2.26. The first-order chi connectivity index (χ1) is 13.7. The fourth-order valence-electron chi connectivity index (χ4n) is 2.18. The number of rotatable bonds is 7. The SMILES string of the molecule is C#Cc1ccc(NC=O)cc1.CCSCc1csc(-c2ccc(OC)cc2)n1. The number of hydrogen-bond donors (Lipinski definition) is 1.